The third-order valence-corrected chi connectivity index (χ3v) is 2.41. The second kappa shape index (κ2) is 9.95. The average Bonchev–Trinajstić information content (AvgIpc) is 2.37. The molecule has 0 saturated carbocycles. The Morgan fingerprint density at radius 1 is 0.947 bits per heavy atom. The smallest absolute Gasteiger partial charge is 0.0477 e. The number of rotatable bonds is 7. The summed E-state index contributed by atoms with van der Waals surface area (Å²) in [6.45, 7) is 15.8. The summed E-state index contributed by atoms with van der Waals surface area (Å²) >= 11 is 0. The van der Waals surface area contributed by atoms with Crippen molar-refractivity contribution in [1.29, 1.82) is 0 Å². The van der Waals surface area contributed by atoms with Crippen LogP contribution in [0.5, 0.6) is 0 Å². The lowest BCUT2D eigenvalue weighted by atomic mass is 10.1. The zero-order valence-corrected chi connectivity index (χ0v) is 12.6. The predicted molar refractivity (Wildman–Crippen MR) is 87.5 cm³/mol. The van der Waals surface area contributed by atoms with Gasteiger partial charge in [-0.1, -0.05) is 49.6 Å². The Kier molecular flexibility index (Phi) is 8.90. The molecule has 1 heteroatoms. The standard InChI is InChI=1S/C18H25N/c1-7-10-11-12-15-19(16(4)5)18(14-9-3)17(6)13-8-2/h7-15H,1,4H2,2-3,5-6H3/b11-10-,13-8-,14-9+,15-12+,18-17+. The first-order chi connectivity index (χ1) is 9.08. The lowest BCUT2D eigenvalue weighted by Crippen LogP contribution is -2.13. The van der Waals surface area contributed by atoms with Crippen molar-refractivity contribution in [2.45, 2.75) is 27.7 Å². The molecule has 0 atom stereocenters. The largest absolute Gasteiger partial charge is 0.322 e. The quantitative estimate of drug-likeness (QED) is 0.543. The third-order valence-electron chi connectivity index (χ3n) is 2.41. The SMILES string of the molecule is C=C/C=C\C=C\N(C(=C)C)C(/C=C/C)=C(C)/C=C\C. The van der Waals surface area contributed by atoms with E-state index >= 15 is 0 Å². The van der Waals surface area contributed by atoms with Crippen molar-refractivity contribution in [3.05, 3.63) is 84.9 Å². The van der Waals surface area contributed by atoms with Crippen molar-refractivity contribution in [2.24, 2.45) is 0 Å². The van der Waals surface area contributed by atoms with E-state index in [1.165, 1.54) is 5.57 Å². The van der Waals surface area contributed by atoms with Crippen molar-refractivity contribution in [1.82, 2.24) is 4.90 Å². The Labute approximate surface area is 118 Å². The molecule has 0 aliphatic rings. The molecule has 0 fully saturated rings. The van der Waals surface area contributed by atoms with Gasteiger partial charge >= 0.3 is 0 Å². The highest BCUT2D eigenvalue weighted by atomic mass is 15.1. The van der Waals surface area contributed by atoms with Crippen LogP contribution in [0.15, 0.2) is 84.9 Å². The number of hydrogen-bond acceptors (Lipinski definition) is 1. The van der Waals surface area contributed by atoms with E-state index in [4.69, 9.17) is 0 Å². The fraction of sp³-hybridized carbons (Fsp3) is 0.222. The van der Waals surface area contributed by atoms with E-state index in [1.54, 1.807) is 6.08 Å². The lowest BCUT2D eigenvalue weighted by molar-refractivity contribution is 0.591. The minimum atomic E-state index is 0.972. The Bertz CT molecular complexity index is 442. The van der Waals surface area contributed by atoms with E-state index in [-0.39, 0.29) is 0 Å². The molecule has 0 radical (unpaired) electrons. The predicted octanol–water partition coefficient (Wildman–Crippen LogP) is 5.50. The topological polar surface area (TPSA) is 3.24 Å². The average molecular weight is 255 g/mol. The Morgan fingerprint density at radius 2 is 1.58 bits per heavy atom. The summed E-state index contributed by atoms with van der Waals surface area (Å²) in [5.41, 5.74) is 3.29. The molecule has 0 saturated heterocycles. The highest BCUT2D eigenvalue weighted by molar-refractivity contribution is 5.34. The first-order valence-corrected chi connectivity index (χ1v) is 6.45. The molecule has 102 valence electrons. The minimum Gasteiger partial charge on any atom is -0.322 e. The molecule has 19 heavy (non-hydrogen) atoms. The van der Waals surface area contributed by atoms with Gasteiger partial charge in [0.15, 0.2) is 0 Å². The molecule has 0 aliphatic heterocycles. The van der Waals surface area contributed by atoms with Crippen LogP contribution in [0.1, 0.15) is 27.7 Å². The van der Waals surface area contributed by atoms with Crippen LogP contribution in [-0.4, -0.2) is 4.90 Å². The summed E-state index contributed by atoms with van der Waals surface area (Å²) in [4.78, 5) is 2.07. The van der Waals surface area contributed by atoms with Crippen LogP contribution in [-0.2, 0) is 0 Å². The molecule has 1 nitrogen and oxygen atoms in total. The van der Waals surface area contributed by atoms with E-state index in [9.17, 15) is 0 Å². The van der Waals surface area contributed by atoms with E-state index in [2.05, 4.69) is 37.1 Å². The van der Waals surface area contributed by atoms with E-state index in [0.717, 1.165) is 11.4 Å². The van der Waals surface area contributed by atoms with Gasteiger partial charge in [-0.3, -0.25) is 0 Å². The summed E-state index contributed by atoms with van der Waals surface area (Å²) < 4.78 is 0. The number of allylic oxidation sites excluding steroid dienone is 10. The Morgan fingerprint density at radius 3 is 2.05 bits per heavy atom. The molecule has 0 aromatic rings. The molecule has 0 unspecified atom stereocenters. The Hall–Kier alpha value is -2.02. The highest BCUT2D eigenvalue weighted by Gasteiger charge is 2.06. The number of hydrogen-bond donors (Lipinski definition) is 0. The van der Waals surface area contributed by atoms with Crippen molar-refractivity contribution >= 4 is 0 Å². The molecule has 0 heterocycles. The van der Waals surface area contributed by atoms with Crippen LogP contribution < -0.4 is 0 Å². The van der Waals surface area contributed by atoms with Gasteiger partial charge in [-0.05, 0) is 45.4 Å². The monoisotopic (exact) mass is 255 g/mol. The zero-order chi connectivity index (χ0) is 14.7. The normalized spacial score (nSPS) is 13.7. The molecule has 0 aromatic carbocycles. The maximum absolute atomic E-state index is 4.04. The molecule has 0 aromatic heterocycles. The fourth-order valence-electron chi connectivity index (χ4n) is 1.59. The minimum absolute atomic E-state index is 0.972. The Balaban J connectivity index is 5.49. The molecule has 0 bridgehead atoms. The molecular weight excluding hydrogens is 230 g/mol. The number of nitrogens with zero attached hydrogens (tertiary/aromatic N) is 1. The molecule has 0 spiro atoms. The van der Waals surface area contributed by atoms with Gasteiger partial charge in [0.05, 0.1) is 0 Å². The van der Waals surface area contributed by atoms with Gasteiger partial charge in [0.1, 0.15) is 0 Å². The van der Waals surface area contributed by atoms with Gasteiger partial charge < -0.3 is 4.90 Å². The van der Waals surface area contributed by atoms with Crippen LogP contribution in [0, 0.1) is 0 Å². The fourth-order valence-corrected chi connectivity index (χ4v) is 1.59. The second-order valence-corrected chi connectivity index (χ2v) is 4.14. The molecule has 0 amide bonds. The molecule has 0 rings (SSSR count). The van der Waals surface area contributed by atoms with Crippen LogP contribution in [0.3, 0.4) is 0 Å². The zero-order valence-electron chi connectivity index (χ0n) is 12.6. The highest BCUT2D eigenvalue weighted by Crippen LogP contribution is 2.18. The van der Waals surface area contributed by atoms with Crippen LogP contribution in [0.4, 0.5) is 0 Å². The van der Waals surface area contributed by atoms with Gasteiger partial charge in [0.25, 0.3) is 0 Å². The summed E-state index contributed by atoms with van der Waals surface area (Å²) in [6.07, 6.45) is 17.8. The maximum atomic E-state index is 4.04. The van der Waals surface area contributed by atoms with Gasteiger partial charge in [-0.15, -0.1) is 0 Å². The van der Waals surface area contributed by atoms with Crippen molar-refractivity contribution in [2.75, 3.05) is 0 Å². The lowest BCUT2D eigenvalue weighted by Gasteiger charge is -2.23. The van der Waals surface area contributed by atoms with E-state index in [0.29, 0.717) is 0 Å². The van der Waals surface area contributed by atoms with Crippen molar-refractivity contribution in [3.8, 4) is 0 Å². The molecule has 0 N–H and O–H groups in total. The molecule has 0 aliphatic carbocycles. The van der Waals surface area contributed by atoms with E-state index in [1.807, 2.05) is 57.4 Å². The third kappa shape index (κ3) is 6.46. The van der Waals surface area contributed by atoms with Gasteiger partial charge in [-0.2, -0.15) is 0 Å². The van der Waals surface area contributed by atoms with Crippen molar-refractivity contribution in [3.63, 3.8) is 0 Å². The first-order valence-electron chi connectivity index (χ1n) is 6.45. The van der Waals surface area contributed by atoms with Gasteiger partial charge in [-0.25, -0.2) is 0 Å². The van der Waals surface area contributed by atoms with Gasteiger partial charge in [0, 0.05) is 17.6 Å². The second-order valence-electron chi connectivity index (χ2n) is 4.14. The summed E-state index contributed by atoms with van der Waals surface area (Å²) in [5, 5.41) is 0. The van der Waals surface area contributed by atoms with Crippen LogP contribution >= 0.6 is 0 Å². The molecular formula is C18H25N. The van der Waals surface area contributed by atoms with Gasteiger partial charge in [0.2, 0.25) is 0 Å². The van der Waals surface area contributed by atoms with E-state index < -0.39 is 0 Å². The summed E-state index contributed by atoms with van der Waals surface area (Å²) in [5.74, 6) is 0. The maximum Gasteiger partial charge on any atom is 0.0477 e. The summed E-state index contributed by atoms with van der Waals surface area (Å²) in [7, 11) is 0. The van der Waals surface area contributed by atoms with Crippen LogP contribution in [0.25, 0.3) is 0 Å². The first kappa shape index (κ1) is 17.0. The van der Waals surface area contributed by atoms with Crippen LogP contribution in [0.2, 0.25) is 0 Å². The van der Waals surface area contributed by atoms with Crippen molar-refractivity contribution < 1.29 is 0 Å². The summed E-state index contributed by atoms with van der Waals surface area (Å²) in [6, 6.07) is 0.